The van der Waals surface area contributed by atoms with Crippen LogP contribution < -0.4 is 0 Å². The van der Waals surface area contributed by atoms with Crippen molar-refractivity contribution in [2.45, 2.75) is 58.4 Å². The second kappa shape index (κ2) is 8.80. The first-order valence-electron chi connectivity index (χ1n) is 7.13. The van der Waals surface area contributed by atoms with Crippen molar-refractivity contribution in [3.63, 3.8) is 0 Å². The Hall–Kier alpha value is -1.71. The van der Waals surface area contributed by atoms with E-state index in [9.17, 15) is 19.5 Å². The minimum absolute atomic E-state index is 0.0352. The molecule has 0 bridgehead atoms. The van der Waals surface area contributed by atoms with Crippen molar-refractivity contribution in [3.05, 3.63) is 0 Å². The summed E-state index contributed by atoms with van der Waals surface area (Å²) in [5.41, 5.74) is 0. The lowest BCUT2D eigenvalue weighted by molar-refractivity contribution is -0.255. The molecule has 9 heteroatoms. The molecule has 1 saturated heterocycles. The molecule has 2 unspecified atom stereocenters. The van der Waals surface area contributed by atoms with Gasteiger partial charge in [-0.25, -0.2) is 0 Å². The van der Waals surface area contributed by atoms with Crippen molar-refractivity contribution < 1.29 is 43.2 Å². The molecule has 0 saturated carbocycles. The van der Waals surface area contributed by atoms with E-state index in [1.807, 2.05) is 0 Å². The van der Waals surface area contributed by atoms with Gasteiger partial charge in [-0.05, 0) is 6.92 Å². The van der Waals surface area contributed by atoms with E-state index < -0.39 is 48.6 Å². The normalized spacial score (nSPS) is 28.6. The van der Waals surface area contributed by atoms with Gasteiger partial charge in [-0.15, -0.1) is 0 Å². The van der Waals surface area contributed by atoms with Crippen LogP contribution in [0.5, 0.6) is 0 Å². The zero-order valence-corrected chi connectivity index (χ0v) is 13.5. The molecule has 0 aliphatic carbocycles. The third-order valence-electron chi connectivity index (χ3n) is 2.96. The number of rotatable bonds is 6. The van der Waals surface area contributed by atoms with Crippen molar-refractivity contribution in [2.24, 2.45) is 0 Å². The average molecular weight is 334 g/mol. The molecule has 1 N–H and O–H groups in total. The van der Waals surface area contributed by atoms with Gasteiger partial charge >= 0.3 is 17.9 Å². The minimum atomic E-state index is -1.13. The maximum absolute atomic E-state index is 11.3. The Labute approximate surface area is 133 Å². The quantitative estimate of drug-likeness (QED) is 0.391. The molecule has 0 aromatic heterocycles. The lowest BCUT2D eigenvalue weighted by atomic mass is 9.99. The fourth-order valence-electron chi connectivity index (χ4n) is 2.21. The van der Waals surface area contributed by atoms with E-state index in [4.69, 9.17) is 23.7 Å². The van der Waals surface area contributed by atoms with E-state index >= 15 is 0 Å². The van der Waals surface area contributed by atoms with Gasteiger partial charge in [-0.2, -0.15) is 0 Å². The molecule has 9 nitrogen and oxygen atoms in total. The number of carbonyl (C=O) groups excluding carboxylic acids is 3. The van der Waals surface area contributed by atoms with Gasteiger partial charge in [-0.3, -0.25) is 14.4 Å². The maximum atomic E-state index is 11.3. The van der Waals surface area contributed by atoms with Gasteiger partial charge < -0.3 is 28.8 Å². The molecule has 1 rings (SSSR count). The molecule has 132 valence electrons. The van der Waals surface area contributed by atoms with Gasteiger partial charge in [0, 0.05) is 20.8 Å². The largest absolute Gasteiger partial charge is 0.463 e. The van der Waals surface area contributed by atoms with Crippen molar-refractivity contribution in [2.75, 3.05) is 13.2 Å². The first-order valence-corrected chi connectivity index (χ1v) is 7.13. The summed E-state index contributed by atoms with van der Waals surface area (Å²) in [7, 11) is 0. The van der Waals surface area contributed by atoms with Crippen LogP contribution in [0.15, 0.2) is 0 Å². The van der Waals surface area contributed by atoms with Crippen LogP contribution in [0.3, 0.4) is 0 Å². The first kappa shape index (κ1) is 19.3. The number of ether oxygens (including phenoxy) is 5. The van der Waals surface area contributed by atoms with E-state index in [0.29, 0.717) is 0 Å². The highest BCUT2D eigenvalue weighted by molar-refractivity contribution is 5.67. The number of carbonyl (C=O) groups is 3. The number of hydrogen-bond acceptors (Lipinski definition) is 9. The van der Waals surface area contributed by atoms with Crippen LogP contribution in [-0.4, -0.2) is 66.9 Å². The molecule has 23 heavy (non-hydrogen) atoms. The smallest absolute Gasteiger partial charge is 0.303 e. The molecule has 0 radical (unpaired) electrons. The van der Waals surface area contributed by atoms with E-state index in [2.05, 4.69) is 0 Å². The summed E-state index contributed by atoms with van der Waals surface area (Å²) < 4.78 is 26.0. The second-order valence-corrected chi connectivity index (χ2v) is 5.10. The molecule has 1 heterocycles. The summed E-state index contributed by atoms with van der Waals surface area (Å²) in [6.07, 6.45) is -4.82. The van der Waals surface area contributed by atoms with Gasteiger partial charge in [0.05, 0.1) is 6.61 Å². The summed E-state index contributed by atoms with van der Waals surface area (Å²) >= 11 is 0. The topological polar surface area (TPSA) is 118 Å². The molecule has 0 spiro atoms. The summed E-state index contributed by atoms with van der Waals surface area (Å²) in [6.45, 7) is 4.79. The summed E-state index contributed by atoms with van der Waals surface area (Å²) in [6, 6.07) is 0. The molecule has 0 aromatic rings. The van der Waals surface area contributed by atoms with Gasteiger partial charge in [0.2, 0.25) is 0 Å². The third kappa shape index (κ3) is 6.51. The fourth-order valence-corrected chi connectivity index (χ4v) is 2.21. The SMILES string of the molecule is CC(=O)OC[C@H]1OC[C@H](OC(C)O)C(OC(C)=O)[C@@H]1OC(C)=O. The Morgan fingerprint density at radius 2 is 1.65 bits per heavy atom. The fraction of sp³-hybridized carbons (Fsp3) is 0.786. The van der Waals surface area contributed by atoms with Crippen LogP contribution in [0.25, 0.3) is 0 Å². The van der Waals surface area contributed by atoms with Crippen LogP contribution in [0.4, 0.5) is 0 Å². The predicted octanol–water partition coefficient (Wildman–Crippen LogP) is -0.465. The van der Waals surface area contributed by atoms with Crippen LogP contribution in [0.1, 0.15) is 27.7 Å². The van der Waals surface area contributed by atoms with E-state index in [1.54, 1.807) is 0 Å². The lowest BCUT2D eigenvalue weighted by Gasteiger charge is -2.41. The average Bonchev–Trinajstić information content (AvgIpc) is 2.39. The van der Waals surface area contributed by atoms with Crippen LogP contribution >= 0.6 is 0 Å². The van der Waals surface area contributed by atoms with Crippen molar-refractivity contribution in [1.29, 1.82) is 0 Å². The van der Waals surface area contributed by atoms with Gasteiger partial charge in [0.15, 0.2) is 18.5 Å². The Balaban J connectivity index is 2.96. The Morgan fingerprint density at radius 1 is 1.09 bits per heavy atom. The first-order chi connectivity index (χ1) is 10.7. The maximum Gasteiger partial charge on any atom is 0.303 e. The van der Waals surface area contributed by atoms with Crippen molar-refractivity contribution in [1.82, 2.24) is 0 Å². The van der Waals surface area contributed by atoms with Crippen molar-refractivity contribution in [3.8, 4) is 0 Å². The second-order valence-electron chi connectivity index (χ2n) is 5.10. The molecule has 1 fully saturated rings. The zero-order valence-electron chi connectivity index (χ0n) is 13.5. The highest BCUT2D eigenvalue weighted by atomic mass is 16.7. The Kier molecular flexibility index (Phi) is 7.40. The zero-order chi connectivity index (χ0) is 17.6. The minimum Gasteiger partial charge on any atom is -0.463 e. The summed E-state index contributed by atoms with van der Waals surface area (Å²) in [4.78, 5) is 33.6. The highest BCUT2D eigenvalue weighted by Gasteiger charge is 2.46. The predicted molar refractivity (Wildman–Crippen MR) is 74.0 cm³/mol. The standard InChI is InChI=1S/C14H22O9/c1-7(15)19-5-11-13(22-9(3)17)14(23-10(4)18)12(6-20-11)21-8(2)16/h8,11-14,16H,5-6H2,1-4H3/t8?,11-,12+,13-,14?/m1/s1. The molecule has 5 atom stereocenters. The molecule has 1 aliphatic heterocycles. The van der Waals surface area contributed by atoms with E-state index in [0.717, 1.165) is 0 Å². The molecule has 1 aliphatic rings. The lowest BCUT2D eigenvalue weighted by Crippen LogP contribution is -2.58. The number of aliphatic hydroxyl groups excluding tert-OH is 1. The molecular formula is C14H22O9. The monoisotopic (exact) mass is 334 g/mol. The number of aliphatic hydroxyl groups is 1. The Bertz CT molecular complexity index is 434. The van der Waals surface area contributed by atoms with Gasteiger partial charge in [0.25, 0.3) is 0 Å². The van der Waals surface area contributed by atoms with E-state index in [-0.39, 0.29) is 13.2 Å². The van der Waals surface area contributed by atoms with Gasteiger partial charge in [-0.1, -0.05) is 0 Å². The molecular weight excluding hydrogens is 312 g/mol. The highest BCUT2D eigenvalue weighted by Crippen LogP contribution is 2.25. The molecule has 0 amide bonds. The third-order valence-corrected chi connectivity index (χ3v) is 2.96. The number of esters is 3. The molecule has 0 aromatic carbocycles. The Morgan fingerprint density at radius 3 is 2.13 bits per heavy atom. The van der Waals surface area contributed by atoms with Crippen LogP contribution in [0, 0.1) is 0 Å². The van der Waals surface area contributed by atoms with Gasteiger partial charge in [0.1, 0.15) is 18.8 Å². The number of hydrogen-bond donors (Lipinski definition) is 1. The summed E-state index contributed by atoms with van der Waals surface area (Å²) in [5.74, 6) is -1.76. The van der Waals surface area contributed by atoms with Crippen LogP contribution in [0.2, 0.25) is 0 Å². The summed E-state index contributed by atoms with van der Waals surface area (Å²) in [5, 5.41) is 9.37. The van der Waals surface area contributed by atoms with Crippen LogP contribution in [-0.2, 0) is 38.1 Å². The van der Waals surface area contributed by atoms with E-state index in [1.165, 1.54) is 27.7 Å². The van der Waals surface area contributed by atoms with Crippen molar-refractivity contribution >= 4 is 17.9 Å².